The molecule has 0 saturated heterocycles. The first kappa shape index (κ1) is 17.4. The standard InChI is InChI=1S/C20H22N2O2S/c1-14-8-10-15(11-9-14)19(23)22-18(13-17-7-4-12-25-17)20(24)21-16-5-2-3-6-16/h4,7-13,16H,2-3,5-6H2,1H3,(H,21,24)(H,22,23)/b18-13-. The molecule has 2 N–H and O–H groups in total. The molecule has 0 atom stereocenters. The first-order chi connectivity index (χ1) is 12.1. The summed E-state index contributed by atoms with van der Waals surface area (Å²) in [6, 6.07) is 11.4. The molecule has 0 bridgehead atoms. The molecular formula is C20H22N2O2S. The molecule has 1 aromatic carbocycles. The highest BCUT2D eigenvalue weighted by Gasteiger charge is 2.21. The van der Waals surface area contributed by atoms with Gasteiger partial charge in [0.15, 0.2) is 0 Å². The average Bonchev–Trinajstić information content (AvgIpc) is 3.28. The maximum atomic E-state index is 12.7. The van der Waals surface area contributed by atoms with Gasteiger partial charge in [0.05, 0.1) is 0 Å². The Morgan fingerprint density at radius 2 is 1.84 bits per heavy atom. The molecule has 130 valence electrons. The fraction of sp³-hybridized carbons (Fsp3) is 0.300. The molecule has 2 amide bonds. The fourth-order valence-electron chi connectivity index (χ4n) is 2.91. The monoisotopic (exact) mass is 354 g/mol. The molecule has 3 rings (SSSR count). The van der Waals surface area contributed by atoms with Gasteiger partial charge in [-0.15, -0.1) is 11.3 Å². The summed E-state index contributed by atoms with van der Waals surface area (Å²) in [7, 11) is 0. The molecule has 0 radical (unpaired) electrons. The van der Waals surface area contributed by atoms with Crippen LogP contribution in [0.5, 0.6) is 0 Å². The van der Waals surface area contributed by atoms with E-state index >= 15 is 0 Å². The molecule has 1 heterocycles. The number of carbonyl (C=O) groups excluding carboxylic acids is 2. The van der Waals surface area contributed by atoms with Gasteiger partial charge in [-0.2, -0.15) is 0 Å². The van der Waals surface area contributed by atoms with E-state index in [4.69, 9.17) is 0 Å². The van der Waals surface area contributed by atoms with Crippen molar-refractivity contribution in [3.63, 3.8) is 0 Å². The number of thiophene rings is 1. The van der Waals surface area contributed by atoms with Gasteiger partial charge in [0.1, 0.15) is 5.70 Å². The number of benzene rings is 1. The Morgan fingerprint density at radius 3 is 2.48 bits per heavy atom. The molecule has 0 spiro atoms. The predicted octanol–water partition coefficient (Wildman–Crippen LogP) is 3.89. The number of amides is 2. The van der Waals surface area contributed by atoms with Crippen LogP contribution in [-0.2, 0) is 4.79 Å². The molecule has 5 heteroatoms. The van der Waals surface area contributed by atoms with Gasteiger partial charge in [-0.3, -0.25) is 9.59 Å². The highest BCUT2D eigenvalue weighted by atomic mass is 32.1. The van der Waals surface area contributed by atoms with Crippen LogP contribution in [0.3, 0.4) is 0 Å². The molecule has 2 aromatic rings. The van der Waals surface area contributed by atoms with Crippen molar-refractivity contribution in [1.29, 1.82) is 0 Å². The molecule has 25 heavy (non-hydrogen) atoms. The van der Waals surface area contributed by atoms with Gasteiger partial charge in [-0.1, -0.05) is 36.6 Å². The van der Waals surface area contributed by atoms with Gasteiger partial charge in [0, 0.05) is 16.5 Å². The Hall–Kier alpha value is -2.40. The minimum atomic E-state index is -0.274. The van der Waals surface area contributed by atoms with E-state index in [0.29, 0.717) is 11.3 Å². The highest BCUT2D eigenvalue weighted by Crippen LogP contribution is 2.19. The van der Waals surface area contributed by atoms with Crippen molar-refractivity contribution in [3.05, 3.63) is 63.5 Å². The first-order valence-corrected chi connectivity index (χ1v) is 9.44. The van der Waals surface area contributed by atoms with E-state index in [1.165, 1.54) is 11.3 Å². The Kier molecular flexibility index (Phi) is 5.66. The van der Waals surface area contributed by atoms with E-state index in [2.05, 4.69) is 10.6 Å². The lowest BCUT2D eigenvalue weighted by Crippen LogP contribution is -2.39. The van der Waals surface area contributed by atoms with Gasteiger partial charge in [-0.25, -0.2) is 0 Å². The number of hydrogen-bond acceptors (Lipinski definition) is 3. The molecule has 1 aromatic heterocycles. The van der Waals surface area contributed by atoms with Crippen molar-refractivity contribution in [3.8, 4) is 0 Å². The zero-order chi connectivity index (χ0) is 17.6. The number of rotatable bonds is 5. The summed E-state index contributed by atoms with van der Waals surface area (Å²) in [5.74, 6) is -0.495. The normalized spacial score (nSPS) is 15.2. The Bertz CT molecular complexity index is 758. The third-order valence-electron chi connectivity index (χ3n) is 4.33. The van der Waals surface area contributed by atoms with Crippen LogP contribution in [0.2, 0.25) is 0 Å². The van der Waals surface area contributed by atoms with Crippen molar-refractivity contribution in [1.82, 2.24) is 10.6 Å². The number of aryl methyl sites for hydroxylation is 1. The molecule has 1 aliphatic carbocycles. The van der Waals surface area contributed by atoms with Crippen molar-refractivity contribution in [2.75, 3.05) is 0 Å². The quantitative estimate of drug-likeness (QED) is 0.801. The Morgan fingerprint density at radius 1 is 1.12 bits per heavy atom. The van der Waals surface area contributed by atoms with E-state index in [0.717, 1.165) is 36.1 Å². The van der Waals surface area contributed by atoms with Crippen molar-refractivity contribution < 1.29 is 9.59 Å². The lowest BCUT2D eigenvalue weighted by atomic mass is 10.1. The smallest absolute Gasteiger partial charge is 0.268 e. The van der Waals surface area contributed by atoms with Gasteiger partial charge in [0.25, 0.3) is 11.8 Å². The molecule has 1 aliphatic rings. The molecule has 4 nitrogen and oxygen atoms in total. The van der Waals surface area contributed by atoms with Crippen LogP contribution in [-0.4, -0.2) is 17.9 Å². The molecule has 1 saturated carbocycles. The summed E-state index contributed by atoms with van der Waals surface area (Å²) < 4.78 is 0. The topological polar surface area (TPSA) is 58.2 Å². The highest BCUT2D eigenvalue weighted by molar-refractivity contribution is 7.10. The summed E-state index contributed by atoms with van der Waals surface area (Å²) in [4.78, 5) is 26.1. The zero-order valence-corrected chi connectivity index (χ0v) is 15.1. The average molecular weight is 354 g/mol. The summed E-state index contributed by atoms with van der Waals surface area (Å²) in [6.45, 7) is 1.97. The second-order valence-corrected chi connectivity index (χ2v) is 7.33. The third-order valence-corrected chi connectivity index (χ3v) is 5.15. The van der Waals surface area contributed by atoms with Crippen molar-refractivity contribution in [2.24, 2.45) is 0 Å². The molecular weight excluding hydrogens is 332 g/mol. The molecule has 0 unspecified atom stereocenters. The van der Waals surface area contributed by atoms with Crippen LogP contribution < -0.4 is 10.6 Å². The minimum Gasteiger partial charge on any atom is -0.348 e. The molecule has 0 aliphatic heterocycles. The summed E-state index contributed by atoms with van der Waals surface area (Å²) in [6.07, 6.45) is 6.03. The van der Waals surface area contributed by atoms with Crippen LogP contribution in [0.25, 0.3) is 6.08 Å². The predicted molar refractivity (Wildman–Crippen MR) is 101 cm³/mol. The summed E-state index contributed by atoms with van der Waals surface area (Å²) >= 11 is 1.53. The SMILES string of the molecule is Cc1ccc(C(=O)N/C(=C\c2cccs2)C(=O)NC2CCCC2)cc1. The van der Waals surface area contributed by atoms with E-state index in [-0.39, 0.29) is 17.9 Å². The van der Waals surface area contributed by atoms with Gasteiger partial charge in [-0.05, 0) is 49.4 Å². The third kappa shape index (κ3) is 4.79. The van der Waals surface area contributed by atoms with Gasteiger partial charge < -0.3 is 10.6 Å². The Labute approximate surface area is 152 Å². The van der Waals surface area contributed by atoms with Crippen LogP contribution in [0, 0.1) is 6.92 Å². The van der Waals surface area contributed by atoms with E-state index in [9.17, 15) is 9.59 Å². The number of nitrogens with one attached hydrogen (secondary N) is 2. The Balaban J connectivity index is 1.77. The van der Waals surface area contributed by atoms with Crippen LogP contribution in [0.4, 0.5) is 0 Å². The van der Waals surface area contributed by atoms with Crippen molar-refractivity contribution >= 4 is 29.2 Å². The maximum Gasteiger partial charge on any atom is 0.268 e. The van der Waals surface area contributed by atoms with Crippen LogP contribution in [0.15, 0.2) is 47.5 Å². The second kappa shape index (κ2) is 8.12. The van der Waals surface area contributed by atoms with Crippen molar-refractivity contribution in [2.45, 2.75) is 38.6 Å². The maximum absolute atomic E-state index is 12.7. The largest absolute Gasteiger partial charge is 0.348 e. The van der Waals surface area contributed by atoms with Crippen LogP contribution >= 0.6 is 11.3 Å². The lowest BCUT2D eigenvalue weighted by Gasteiger charge is -2.15. The lowest BCUT2D eigenvalue weighted by molar-refractivity contribution is -0.118. The van der Waals surface area contributed by atoms with Crippen LogP contribution in [0.1, 0.15) is 46.5 Å². The number of hydrogen-bond donors (Lipinski definition) is 2. The summed E-state index contributed by atoms with van der Waals surface area (Å²) in [5.41, 5.74) is 1.92. The van der Waals surface area contributed by atoms with E-state index in [1.807, 2.05) is 36.6 Å². The minimum absolute atomic E-state index is 0.204. The van der Waals surface area contributed by atoms with Gasteiger partial charge >= 0.3 is 0 Å². The zero-order valence-electron chi connectivity index (χ0n) is 14.2. The first-order valence-electron chi connectivity index (χ1n) is 8.56. The second-order valence-electron chi connectivity index (χ2n) is 6.35. The summed E-state index contributed by atoms with van der Waals surface area (Å²) in [5, 5.41) is 7.77. The molecule has 1 fully saturated rings. The number of carbonyl (C=O) groups is 2. The van der Waals surface area contributed by atoms with E-state index < -0.39 is 0 Å². The van der Waals surface area contributed by atoms with Gasteiger partial charge in [0.2, 0.25) is 0 Å². The fourth-order valence-corrected chi connectivity index (χ4v) is 3.56. The van der Waals surface area contributed by atoms with E-state index in [1.54, 1.807) is 18.2 Å².